The Balaban J connectivity index is 2.13. The van der Waals surface area contributed by atoms with E-state index in [-0.39, 0.29) is 11.9 Å². The second kappa shape index (κ2) is 6.92. The Bertz CT molecular complexity index is 641. The zero-order valence-electron chi connectivity index (χ0n) is 11.9. The monoisotopic (exact) mass is 322 g/mol. The van der Waals surface area contributed by atoms with Crippen molar-refractivity contribution in [3.05, 3.63) is 63.4 Å². The summed E-state index contributed by atoms with van der Waals surface area (Å²) in [5.74, 6) is -0.170. The molecule has 1 heterocycles. The lowest BCUT2D eigenvalue weighted by Crippen LogP contribution is -2.26. The molecule has 0 aliphatic carbocycles. The van der Waals surface area contributed by atoms with E-state index in [2.05, 4.69) is 10.3 Å². The fourth-order valence-corrected chi connectivity index (χ4v) is 2.33. The minimum absolute atomic E-state index is 0.119. The van der Waals surface area contributed by atoms with E-state index in [4.69, 9.17) is 23.2 Å². The van der Waals surface area contributed by atoms with E-state index < -0.39 is 0 Å². The number of nitrogens with one attached hydrogen (secondary N) is 1. The van der Waals surface area contributed by atoms with Crippen molar-refractivity contribution in [1.29, 1.82) is 0 Å². The number of aromatic nitrogens is 1. The molecule has 1 amide bonds. The molecular formula is C16H16Cl2N2O. The molecule has 0 aliphatic rings. The van der Waals surface area contributed by atoms with Crippen molar-refractivity contribution in [3.63, 3.8) is 0 Å². The number of amides is 1. The smallest absolute Gasteiger partial charge is 0.251 e. The fraction of sp³-hybridized carbons (Fsp3) is 0.250. The number of nitrogens with zero attached hydrogens (tertiary/aromatic N) is 1. The van der Waals surface area contributed by atoms with Crippen LogP contribution in [0, 0.1) is 0 Å². The lowest BCUT2D eigenvalue weighted by molar-refractivity contribution is 0.0939. The molecule has 5 heteroatoms. The second-order valence-corrected chi connectivity index (χ2v) is 5.59. The molecule has 2 aromatic rings. The molecule has 110 valence electrons. The highest BCUT2D eigenvalue weighted by molar-refractivity contribution is 6.30. The van der Waals surface area contributed by atoms with Crippen molar-refractivity contribution in [1.82, 2.24) is 10.3 Å². The number of hydrogen-bond donors (Lipinski definition) is 1. The molecular weight excluding hydrogens is 307 g/mol. The van der Waals surface area contributed by atoms with Gasteiger partial charge >= 0.3 is 0 Å². The minimum Gasteiger partial charge on any atom is -0.346 e. The number of hydrogen-bond acceptors (Lipinski definition) is 2. The van der Waals surface area contributed by atoms with Crippen LogP contribution in [0.2, 0.25) is 10.2 Å². The van der Waals surface area contributed by atoms with Crippen molar-refractivity contribution >= 4 is 29.1 Å². The Kier molecular flexibility index (Phi) is 5.21. The number of carbonyl (C=O) groups excluding carboxylic acids is 1. The summed E-state index contributed by atoms with van der Waals surface area (Å²) >= 11 is 11.8. The number of benzene rings is 1. The fourth-order valence-electron chi connectivity index (χ4n) is 1.98. The lowest BCUT2D eigenvalue weighted by atomic mass is 10.1. The Morgan fingerprint density at radius 2 is 1.90 bits per heavy atom. The molecule has 1 N–H and O–H groups in total. The Morgan fingerprint density at radius 3 is 2.52 bits per heavy atom. The standard InChI is InChI=1S/C16H16Cl2N2O/c1-3-14-8-12(9-15(18)20-14)16(21)19-10(2)11-4-6-13(17)7-5-11/h4-10H,3H2,1-2H3,(H,19,21). The normalized spacial score (nSPS) is 12.0. The van der Waals surface area contributed by atoms with Gasteiger partial charge in [0.2, 0.25) is 0 Å². The summed E-state index contributed by atoms with van der Waals surface area (Å²) in [6.07, 6.45) is 0.730. The van der Waals surface area contributed by atoms with Gasteiger partial charge in [-0.1, -0.05) is 42.3 Å². The molecule has 0 bridgehead atoms. The molecule has 0 spiro atoms. The van der Waals surface area contributed by atoms with Crippen LogP contribution in [0.4, 0.5) is 0 Å². The van der Waals surface area contributed by atoms with Gasteiger partial charge in [-0.25, -0.2) is 4.98 Å². The highest BCUT2D eigenvalue weighted by atomic mass is 35.5. The summed E-state index contributed by atoms with van der Waals surface area (Å²) in [6.45, 7) is 3.89. The van der Waals surface area contributed by atoms with Crippen LogP contribution in [-0.2, 0) is 6.42 Å². The molecule has 0 radical (unpaired) electrons. The maximum Gasteiger partial charge on any atom is 0.251 e. The quantitative estimate of drug-likeness (QED) is 0.845. The molecule has 3 nitrogen and oxygen atoms in total. The summed E-state index contributed by atoms with van der Waals surface area (Å²) in [5.41, 5.74) is 2.31. The van der Waals surface area contributed by atoms with E-state index in [1.807, 2.05) is 26.0 Å². The van der Waals surface area contributed by atoms with Crippen LogP contribution >= 0.6 is 23.2 Å². The third-order valence-electron chi connectivity index (χ3n) is 3.19. The predicted molar refractivity (Wildman–Crippen MR) is 86.0 cm³/mol. The van der Waals surface area contributed by atoms with Crippen molar-refractivity contribution in [3.8, 4) is 0 Å². The number of carbonyl (C=O) groups is 1. The first-order chi connectivity index (χ1) is 9.99. The summed E-state index contributed by atoms with van der Waals surface area (Å²) < 4.78 is 0. The molecule has 0 aliphatic heterocycles. The maximum atomic E-state index is 12.3. The lowest BCUT2D eigenvalue weighted by Gasteiger charge is -2.15. The number of pyridine rings is 1. The minimum atomic E-state index is -0.170. The van der Waals surface area contributed by atoms with Crippen molar-refractivity contribution in [2.24, 2.45) is 0 Å². The SMILES string of the molecule is CCc1cc(C(=O)NC(C)c2ccc(Cl)cc2)cc(Cl)n1. The number of halogens is 2. The Labute approximate surface area is 134 Å². The van der Waals surface area contributed by atoms with E-state index in [1.54, 1.807) is 24.3 Å². The van der Waals surface area contributed by atoms with Gasteiger partial charge < -0.3 is 5.32 Å². The van der Waals surface area contributed by atoms with Crippen LogP contribution in [-0.4, -0.2) is 10.9 Å². The summed E-state index contributed by atoms with van der Waals surface area (Å²) in [5, 5.41) is 3.95. The van der Waals surface area contributed by atoms with Crippen molar-refractivity contribution in [2.75, 3.05) is 0 Å². The first kappa shape index (κ1) is 15.8. The van der Waals surface area contributed by atoms with E-state index in [0.717, 1.165) is 17.7 Å². The Hall–Kier alpha value is -1.58. The van der Waals surface area contributed by atoms with Crippen LogP contribution in [0.5, 0.6) is 0 Å². The summed E-state index contributed by atoms with van der Waals surface area (Å²) in [6, 6.07) is 10.6. The topological polar surface area (TPSA) is 42.0 Å². The van der Waals surface area contributed by atoms with Gasteiger partial charge in [-0.2, -0.15) is 0 Å². The predicted octanol–water partition coefficient (Wildman–Crippen LogP) is 4.44. The van der Waals surface area contributed by atoms with Gasteiger partial charge in [0.1, 0.15) is 5.15 Å². The Morgan fingerprint density at radius 1 is 1.24 bits per heavy atom. The molecule has 0 saturated heterocycles. The van der Waals surface area contributed by atoms with Gasteiger partial charge in [-0.3, -0.25) is 4.79 Å². The number of aryl methyl sites for hydroxylation is 1. The molecule has 1 unspecified atom stereocenters. The highest BCUT2D eigenvalue weighted by Crippen LogP contribution is 2.17. The largest absolute Gasteiger partial charge is 0.346 e. The van der Waals surface area contributed by atoms with Gasteiger partial charge in [0.25, 0.3) is 5.91 Å². The van der Waals surface area contributed by atoms with E-state index in [1.165, 1.54) is 0 Å². The van der Waals surface area contributed by atoms with Crippen LogP contribution in [0.15, 0.2) is 36.4 Å². The molecule has 2 rings (SSSR count). The average molecular weight is 323 g/mol. The third-order valence-corrected chi connectivity index (χ3v) is 3.63. The van der Waals surface area contributed by atoms with E-state index in [0.29, 0.717) is 15.7 Å². The van der Waals surface area contributed by atoms with Gasteiger partial charge in [0, 0.05) is 16.3 Å². The van der Waals surface area contributed by atoms with Crippen molar-refractivity contribution < 1.29 is 4.79 Å². The molecule has 0 fully saturated rings. The zero-order valence-corrected chi connectivity index (χ0v) is 13.4. The van der Waals surface area contributed by atoms with Crippen LogP contribution in [0.25, 0.3) is 0 Å². The van der Waals surface area contributed by atoms with Gasteiger partial charge in [0.15, 0.2) is 0 Å². The van der Waals surface area contributed by atoms with Crippen LogP contribution in [0.3, 0.4) is 0 Å². The van der Waals surface area contributed by atoms with Gasteiger partial charge in [-0.15, -0.1) is 0 Å². The molecule has 1 aromatic carbocycles. The maximum absolute atomic E-state index is 12.3. The van der Waals surface area contributed by atoms with Crippen molar-refractivity contribution in [2.45, 2.75) is 26.3 Å². The highest BCUT2D eigenvalue weighted by Gasteiger charge is 2.13. The average Bonchev–Trinajstić information content (AvgIpc) is 2.47. The zero-order chi connectivity index (χ0) is 15.4. The molecule has 1 atom stereocenters. The molecule has 21 heavy (non-hydrogen) atoms. The molecule has 0 saturated carbocycles. The van der Waals surface area contributed by atoms with Crippen LogP contribution in [0.1, 0.15) is 41.5 Å². The summed E-state index contributed by atoms with van der Waals surface area (Å²) in [4.78, 5) is 16.4. The number of rotatable bonds is 4. The van der Waals surface area contributed by atoms with E-state index in [9.17, 15) is 4.79 Å². The second-order valence-electron chi connectivity index (χ2n) is 4.77. The van der Waals surface area contributed by atoms with Crippen LogP contribution < -0.4 is 5.32 Å². The van der Waals surface area contributed by atoms with Gasteiger partial charge in [-0.05, 0) is 43.2 Å². The molecule has 1 aromatic heterocycles. The third kappa shape index (κ3) is 4.19. The van der Waals surface area contributed by atoms with E-state index >= 15 is 0 Å². The van der Waals surface area contributed by atoms with Gasteiger partial charge in [0.05, 0.1) is 6.04 Å². The first-order valence-corrected chi connectivity index (χ1v) is 7.48. The first-order valence-electron chi connectivity index (χ1n) is 6.72. The summed E-state index contributed by atoms with van der Waals surface area (Å²) in [7, 11) is 0.